The van der Waals surface area contributed by atoms with Crippen LogP contribution in [-0.2, 0) is 10.8 Å². The number of rotatable bonds is 3. The summed E-state index contributed by atoms with van der Waals surface area (Å²) in [5.74, 6) is 1.84. The Bertz CT molecular complexity index is 2760. The quantitative estimate of drug-likeness (QED) is 0.186. The van der Waals surface area contributed by atoms with Crippen molar-refractivity contribution in [3.05, 3.63) is 209 Å². The Morgan fingerprint density at radius 3 is 1.94 bits per heavy atom. The number of para-hydroxylation sites is 2. The van der Waals surface area contributed by atoms with Crippen LogP contribution in [0.4, 0.5) is 17.1 Å². The lowest BCUT2D eigenvalue weighted by molar-refractivity contribution is 0.441. The van der Waals surface area contributed by atoms with E-state index in [1.165, 1.54) is 72.4 Å². The van der Waals surface area contributed by atoms with Gasteiger partial charge in [0.25, 0.3) is 0 Å². The van der Waals surface area contributed by atoms with Gasteiger partial charge in [-0.05, 0) is 74.7 Å². The normalized spacial score (nSPS) is 16.7. The van der Waals surface area contributed by atoms with Crippen LogP contribution in [0.1, 0.15) is 47.2 Å². The summed E-state index contributed by atoms with van der Waals surface area (Å²) in [7, 11) is 0. The molecule has 2 aliphatic carbocycles. The van der Waals surface area contributed by atoms with Crippen LogP contribution in [0.5, 0.6) is 11.5 Å². The first-order chi connectivity index (χ1) is 25.6. The fourth-order valence-corrected chi connectivity index (χ4v) is 9.83. The van der Waals surface area contributed by atoms with E-state index in [0.29, 0.717) is 0 Å². The van der Waals surface area contributed by atoms with E-state index in [9.17, 15) is 0 Å². The summed E-state index contributed by atoms with van der Waals surface area (Å²) < 4.78 is 6.92. The van der Waals surface area contributed by atoms with Gasteiger partial charge < -0.3 is 9.64 Å². The molecule has 2 heteroatoms. The first-order valence-electron chi connectivity index (χ1n) is 18.2. The molecular formula is C50H35NO. The van der Waals surface area contributed by atoms with Crippen LogP contribution >= 0.6 is 0 Å². The highest BCUT2D eigenvalue weighted by molar-refractivity contribution is 6.01. The molecule has 0 amide bonds. The van der Waals surface area contributed by atoms with Gasteiger partial charge in [-0.15, -0.1) is 0 Å². The number of nitrogens with zero attached hydrogens (tertiary/aromatic N) is 1. The van der Waals surface area contributed by atoms with E-state index in [1.54, 1.807) is 0 Å². The SMILES string of the molecule is CC1(C)c2ccccc2-c2cccc(N(c3ccccc3)c3cccc4c3-c3ccccc3C43c4ccccc4Oc4c3ccc3ccccc43)c21. The predicted molar refractivity (Wildman–Crippen MR) is 214 cm³/mol. The van der Waals surface area contributed by atoms with Gasteiger partial charge in [-0.1, -0.05) is 159 Å². The summed E-state index contributed by atoms with van der Waals surface area (Å²) in [5.41, 5.74) is 15.5. The van der Waals surface area contributed by atoms with Gasteiger partial charge in [0, 0.05) is 33.2 Å². The molecule has 8 aromatic carbocycles. The van der Waals surface area contributed by atoms with Crippen molar-refractivity contribution in [3.63, 3.8) is 0 Å². The first kappa shape index (κ1) is 29.4. The molecular weight excluding hydrogens is 631 g/mol. The molecule has 52 heavy (non-hydrogen) atoms. The Balaban J connectivity index is 1.26. The largest absolute Gasteiger partial charge is 0.456 e. The fraction of sp³-hybridized carbons (Fsp3) is 0.0800. The van der Waals surface area contributed by atoms with E-state index in [1.807, 2.05) is 0 Å². The van der Waals surface area contributed by atoms with Gasteiger partial charge >= 0.3 is 0 Å². The predicted octanol–water partition coefficient (Wildman–Crippen LogP) is 13.1. The minimum Gasteiger partial charge on any atom is -0.456 e. The second-order valence-electron chi connectivity index (χ2n) is 14.8. The Kier molecular flexibility index (Phi) is 5.97. The molecule has 2 nitrogen and oxygen atoms in total. The molecule has 246 valence electrons. The average molecular weight is 666 g/mol. The number of ether oxygens (including phenoxy) is 1. The molecule has 11 rings (SSSR count). The van der Waals surface area contributed by atoms with Crippen LogP contribution in [0.2, 0.25) is 0 Å². The molecule has 1 aliphatic heterocycles. The van der Waals surface area contributed by atoms with Crippen molar-refractivity contribution < 1.29 is 4.74 Å². The van der Waals surface area contributed by atoms with Gasteiger partial charge in [-0.3, -0.25) is 0 Å². The molecule has 1 unspecified atom stereocenters. The molecule has 0 bridgehead atoms. The van der Waals surface area contributed by atoms with Crippen molar-refractivity contribution in [2.24, 2.45) is 0 Å². The molecule has 0 aromatic heterocycles. The van der Waals surface area contributed by atoms with Crippen LogP contribution in [0.25, 0.3) is 33.0 Å². The first-order valence-corrected chi connectivity index (χ1v) is 18.2. The molecule has 3 aliphatic rings. The van der Waals surface area contributed by atoms with E-state index in [0.717, 1.165) is 22.6 Å². The minimum atomic E-state index is -0.577. The van der Waals surface area contributed by atoms with Gasteiger partial charge in [-0.25, -0.2) is 0 Å². The topological polar surface area (TPSA) is 12.5 Å². The van der Waals surface area contributed by atoms with Crippen molar-refractivity contribution in [1.82, 2.24) is 0 Å². The lowest BCUT2D eigenvalue weighted by Gasteiger charge is -2.40. The van der Waals surface area contributed by atoms with Crippen molar-refractivity contribution in [3.8, 4) is 33.8 Å². The number of hydrogen-bond acceptors (Lipinski definition) is 2. The minimum absolute atomic E-state index is 0.188. The molecule has 8 aromatic rings. The molecule has 0 fully saturated rings. The Morgan fingerprint density at radius 1 is 0.442 bits per heavy atom. The molecule has 0 N–H and O–H groups in total. The zero-order valence-electron chi connectivity index (χ0n) is 29.1. The summed E-state index contributed by atoms with van der Waals surface area (Å²) in [6, 6.07) is 64.5. The summed E-state index contributed by atoms with van der Waals surface area (Å²) in [5, 5.41) is 2.30. The highest BCUT2D eigenvalue weighted by atomic mass is 16.5. The number of benzene rings is 8. The second kappa shape index (κ2) is 10.6. The smallest absolute Gasteiger partial charge is 0.140 e. The van der Waals surface area contributed by atoms with Gasteiger partial charge in [0.2, 0.25) is 0 Å². The van der Waals surface area contributed by atoms with E-state index in [2.05, 4.69) is 195 Å². The average Bonchev–Trinajstić information content (AvgIpc) is 3.62. The van der Waals surface area contributed by atoms with Crippen LogP contribution in [0.3, 0.4) is 0 Å². The highest BCUT2D eigenvalue weighted by Crippen LogP contribution is 2.65. The van der Waals surface area contributed by atoms with Crippen LogP contribution < -0.4 is 9.64 Å². The van der Waals surface area contributed by atoms with E-state index in [-0.39, 0.29) is 5.41 Å². The van der Waals surface area contributed by atoms with Gasteiger partial charge in [0.1, 0.15) is 11.5 Å². The van der Waals surface area contributed by atoms with Crippen molar-refractivity contribution in [2.45, 2.75) is 24.7 Å². The number of hydrogen-bond donors (Lipinski definition) is 0. The third kappa shape index (κ3) is 3.69. The Morgan fingerprint density at radius 2 is 1.08 bits per heavy atom. The third-order valence-electron chi connectivity index (χ3n) is 11.9. The molecule has 1 atom stereocenters. The van der Waals surface area contributed by atoms with E-state index in [4.69, 9.17) is 4.74 Å². The third-order valence-corrected chi connectivity index (χ3v) is 11.9. The summed E-state index contributed by atoms with van der Waals surface area (Å²) in [6.45, 7) is 4.76. The maximum Gasteiger partial charge on any atom is 0.140 e. The second-order valence-corrected chi connectivity index (χ2v) is 14.8. The zero-order chi connectivity index (χ0) is 34.6. The summed E-state index contributed by atoms with van der Waals surface area (Å²) in [4.78, 5) is 2.52. The molecule has 0 saturated carbocycles. The van der Waals surface area contributed by atoms with Crippen molar-refractivity contribution in [2.75, 3.05) is 4.90 Å². The molecule has 0 saturated heterocycles. The lowest BCUT2D eigenvalue weighted by Crippen LogP contribution is -2.32. The fourth-order valence-electron chi connectivity index (χ4n) is 9.83. The van der Waals surface area contributed by atoms with E-state index >= 15 is 0 Å². The number of fused-ring (bicyclic) bond motifs is 14. The molecule has 1 heterocycles. The lowest BCUT2D eigenvalue weighted by atomic mass is 9.65. The molecule has 0 radical (unpaired) electrons. The Hall–Kier alpha value is -6.38. The van der Waals surface area contributed by atoms with Crippen molar-refractivity contribution in [1.29, 1.82) is 0 Å². The van der Waals surface area contributed by atoms with Crippen LogP contribution in [-0.4, -0.2) is 0 Å². The van der Waals surface area contributed by atoms with Crippen LogP contribution in [0, 0.1) is 0 Å². The highest BCUT2D eigenvalue weighted by Gasteiger charge is 2.52. The summed E-state index contributed by atoms with van der Waals surface area (Å²) >= 11 is 0. The van der Waals surface area contributed by atoms with Crippen molar-refractivity contribution >= 4 is 27.8 Å². The monoisotopic (exact) mass is 665 g/mol. The summed E-state index contributed by atoms with van der Waals surface area (Å²) in [6.07, 6.45) is 0. The van der Waals surface area contributed by atoms with Gasteiger partial charge in [0.15, 0.2) is 0 Å². The van der Waals surface area contributed by atoms with Gasteiger partial charge in [0.05, 0.1) is 16.8 Å². The maximum atomic E-state index is 6.92. The standard InChI is InChI=1S/C50H35NO/c1-49(2)38-23-10-8-20-35(38)36-22-14-28-44(47(36)49)51(33-17-4-3-5-18-33)43-27-15-26-41-46(43)37-21-9-11-24-39(37)50(41)40-25-12-13-29-45(40)52-48-34-19-7-6-16-32(34)30-31-42(48)50/h3-31H,1-2H3. The number of anilines is 3. The zero-order valence-corrected chi connectivity index (χ0v) is 29.1. The molecule has 1 spiro atoms. The van der Waals surface area contributed by atoms with E-state index < -0.39 is 5.41 Å². The van der Waals surface area contributed by atoms with Crippen LogP contribution in [0.15, 0.2) is 176 Å². The maximum absolute atomic E-state index is 6.92. The van der Waals surface area contributed by atoms with Gasteiger partial charge in [-0.2, -0.15) is 0 Å². The Labute approximate surface area is 304 Å².